The second-order valence-electron chi connectivity index (χ2n) is 3.43. The quantitative estimate of drug-likeness (QED) is 0.608. The Morgan fingerprint density at radius 3 is 2.67 bits per heavy atom. The fourth-order valence-corrected chi connectivity index (χ4v) is 1.26. The molecule has 0 spiro atoms. The van der Waals surface area contributed by atoms with E-state index < -0.39 is 22.7 Å². The number of nitrogens with one attached hydrogen (secondary N) is 2. The van der Waals surface area contributed by atoms with Crippen molar-refractivity contribution in [2.24, 2.45) is 0 Å². The fourth-order valence-electron chi connectivity index (χ4n) is 1.26. The summed E-state index contributed by atoms with van der Waals surface area (Å²) in [5.74, 6) is -1.15. The van der Waals surface area contributed by atoms with Gasteiger partial charge in [0.15, 0.2) is 5.69 Å². The second kappa shape index (κ2) is 5.71. The van der Waals surface area contributed by atoms with E-state index in [-0.39, 0.29) is 5.56 Å². The maximum absolute atomic E-state index is 11.6. The summed E-state index contributed by atoms with van der Waals surface area (Å²) in [6.07, 6.45) is 0. The second-order valence-corrected chi connectivity index (χ2v) is 3.43. The minimum Gasteiger partial charge on any atom is -0.358 e. The lowest BCUT2D eigenvalue weighted by Crippen LogP contribution is -2.39. The summed E-state index contributed by atoms with van der Waals surface area (Å²) in [6, 6.07) is 1.72. The first kappa shape index (κ1) is 13.6. The zero-order valence-corrected chi connectivity index (χ0v) is 9.89. The van der Waals surface area contributed by atoms with Crippen molar-refractivity contribution in [3.8, 4) is 0 Å². The van der Waals surface area contributed by atoms with Crippen molar-refractivity contribution in [2.45, 2.75) is 13.8 Å². The number of aromatic nitrogens is 1. The number of aryl methyl sites for hydroxylation is 1. The van der Waals surface area contributed by atoms with Crippen molar-refractivity contribution in [3.05, 3.63) is 33.5 Å². The maximum atomic E-state index is 11.6. The average molecular weight is 252 g/mol. The summed E-state index contributed by atoms with van der Waals surface area (Å²) >= 11 is 0. The summed E-state index contributed by atoms with van der Waals surface area (Å²) in [5.41, 5.74) is 0.339. The van der Waals surface area contributed by atoms with Crippen LogP contribution in [0.4, 0.5) is 10.6 Å². The van der Waals surface area contributed by atoms with Crippen LogP contribution in [0, 0.1) is 17.0 Å². The standard InChI is InChI=1S/C10H12N4O4/c1-3-11-10(16)13-9(15)7-4-6(2)12-8(5-7)14(17)18/h4-5H,3H2,1-2H3,(H2,11,13,15,16). The highest BCUT2D eigenvalue weighted by Gasteiger charge is 2.16. The van der Waals surface area contributed by atoms with Gasteiger partial charge in [-0.15, -0.1) is 0 Å². The zero-order chi connectivity index (χ0) is 13.7. The van der Waals surface area contributed by atoms with Gasteiger partial charge in [0.05, 0.1) is 5.56 Å². The molecule has 0 radical (unpaired) electrons. The molecule has 0 atom stereocenters. The first-order chi connectivity index (χ1) is 8.43. The molecule has 0 unspecified atom stereocenters. The monoisotopic (exact) mass is 252 g/mol. The van der Waals surface area contributed by atoms with E-state index in [0.29, 0.717) is 12.2 Å². The number of hydrogen-bond acceptors (Lipinski definition) is 5. The van der Waals surface area contributed by atoms with Crippen LogP contribution in [-0.2, 0) is 0 Å². The van der Waals surface area contributed by atoms with Gasteiger partial charge in [-0.2, -0.15) is 0 Å². The van der Waals surface area contributed by atoms with Gasteiger partial charge >= 0.3 is 11.8 Å². The minimum atomic E-state index is -0.713. The smallest absolute Gasteiger partial charge is 0.358 e. The lowest BCUT2D eigenvalue weighted by molar-refractivity contribution is -0.389. The molecule has 0 bridgehead atoms. The number of rotatable bonds is 3. The summed E-state index contributed by atoms with van der Waals surface area (Å²) in [6.45, 7) is 3.59. The Hall–Kier alpha value is -2.51. The Balaban J connectivity index is 2.92. The van der Waals surface area contributed by atoms with Crippen LogP contribution in [0.1, 0.15) is 23.0 Å². The van der Waals surface area contributed by atoms with Gasteiger partial charge < -0.3 is 15.4 Å². The molecule has 1 heterocycles. The molecule has 8 nitrogen and oxygen atoms in total. The lowest BCUT2D eigenvalue weighted by atomic mass is 10.2. The first-order valence-electron chi connectivity index (χ1n) is 5.16. The average Bonchev–Trinajstić information content (AvgIpc) is 2.28. The molecule has 3 amide bonds. The Labute approximate surface area is 103 Å². The Morgan fingerprint density at radius 1 is 1.44 bits per heavy atom. The van der Waals surface area contributed by atoms with E-state index in [0.717, 1.165) is 6.07 Å². The first-order valence-corrected chi connectivity index (χ1v) is 5.16. The van der Waals surface area contributed by atoms with Gasteiger partial charge in [0, 0.05) is 19.5 Å². The molecule has 8 heteroatoms. The summed E-state index contributed by atoms with van der Waals surface area (Å²) in [7, 11) is 0. The number of urea groups is 1. The van der Waals surface area contributed by atoms with Crippen LogP contribution in [0.25, 0.3) is 0 Å². The molecule has 0 saturated heterocycles. The fraction of sp³-hybridized carbons (Fsp3) is 0.300. The molecule has 1 rings (SSSR count). The van der Waals surface area contributed by atoms with Gasteiger partial charge in [-0.1, -0.05) is 0 Å². The predicted molar refractivity (Wildman–Crippen MR) is 62.2 cm³/mol. The van der Waals surface area contributed by atoms with Crippen LogP contribution in [0.3, 0.4) is 0 Å². The maximum Gasteiger partial charge on any atom is 0.364 e. The summed E-state index contributed by atoms with van der Waals surface area (Å²) in [4.78, 5) is 36.3. The van der Waals surface area contributed by atoms with Crippen LogP contribution in [0.15, 0.2) is 12.1 Å². The number of pyridine rings is 1. The summed E-state index contributed by atoms with van der Waals surface area (Å²) in [5, 5.41) is 15.0. The van der Waals surface area contributed by atoms with Gasteiger partial charge in [-0.05, 0) is 22.9 Å². The van der Waals surface area contributed by atoms with E-state index in [9.17, 15) is 19.7 Å². The molecular formula is C10H12N4O4. The van der Waals surface area contributed by atoms with E-state index >= 15 is 0 Å². The van der Waals surface area contributed by atoms with Gasteiger partial charge in [0.25, 0.3) is 5.91 Å². The molecule has 0 aromatic carbocycles. The number of carbonyl (C=O) groups excluding carboxylic acids is 2. The Bertz CT molecular complexity index is 501. The molecular weight excluding hydrogens is 240 g/mol. The van der Waals surface area contributed by atoms with E-state index in [1.807, 2.05) is 0 Å². The normalized spacial score (nSPS) is 9.67. The van der Waals surface area contributed by atoms with Crippen molar-refractivity contribution in [1.29, 1.82) is 0 Å². The highest BCUT2D eigenvalue weighted by molar-refractivity contribution is 6.04. The van der Waals surface area contributed by atoms with Crippen molar-refractivity contribution in [2.75, 3.05) is 6.54 Å². The van der Waals surface area contributed by atoms with Crippen LogP contribution >= 0.6 is 0 Å². The highest BCUT2D eigenvalue weighted by atomic mass is 16.6. The van der Waals surface area contributed by atoms with Gasteiger partial charge in [-0.25, -0.2) is 4.79 Å². The van der Waals surface area contributed by atoms with Crippen molar-refractivity contribution < 1.29 is 14.5 Å². The largest absolute Gasteiger partial charge is 0.364 e. The van der Waals surface area contributed by atoms with Crippen molar-refractivity contribution in [3.63, 3.8) is 0 Å². The number of nitrogens with zero attached hydrogens (tertiary/aromatic N) is 2. The third-order valence-corrected chi connectivity index (χ3v) is 1.95. The number of nitro groups is 1. The minimum absolute atomic E-state index is 0.0143. The zero-order valence-electron chi connectivity index (χ0n) is 9.89. The topological polar surface area (TPSA) is 114 Å². The van der Waals surface area contributed by atoms with Gasteiger partial charge in [0.1, 0.15) is 0 Å². The number of amides is 3. The molecule has 0 aliphatic rings. The SMILES string of the molecule is CCNC(=O)NC(=O)c1cc(C)nc([N+](=O)[O-])c1. The van der Waals surface area contributed by atoms with Crippen molar-refractivity contribution >= 4 is 17.8 Å². The molecule has 0 aliphatic heterocycles. The molecule has 1 aromatic heterocycles. The predicted octanol–water partition coefficient (Wildman–Crippen LogP) is 0.758. The van der Waals surface area contributed by atoms with E-state index in [4.69, 9.17) is 0 Å². The Kier molecular flexibility index (Phi) is 4.30. The van der Waals surface area contributed by atoms with E-state index in [1.54, 1.807) is 6.92 Å². The lowest BCUT2D eigenvalue weighted by Gasteiger charge is -2.04. The molecule has 0 fully saturated rings. The van der Waals surface area contributed by atoms with Crippen LogP contribution in [0.2, 0.25) is 0 Å². The third kappa shape index (κ3) is 3.51. The molecule has 0 aliphatic carbocycles. The molecule has 2 N–H and O–H groups in total. The summed E-state index contributed by atoms with van der Waals surface area (Å²) < 4.78 is 0. The number of imide groups is 1. The van der Waals surface area contributed by atoms with Gasteiger partial charge in [-0.3, -0.25) is 10.1 Å². The van der Waals surface area contributed by atoms with Gasteiger partial charge in [0.2, 0.25) is 0 Å². The van der Waals surface area contributed by atoms with Crippen LogP contribution in [-0.4, -0.2) is 28.4 Å². The van der Waals surface area contributed by atoms with E-state index in [1.165, 1.54) is 13.0 Å². The highest BCUT2D eigenvalue weighted by Crippen LogP contribution is 2.12. The molecule has 18 heavy (non-hydrogen) atoms. The van der Waals surface area contributed by atoms with Crippen LogP contribution < -0.4 is 10.6 Å². The molecule has 0 saturated carbocycles. The number of hydrogen-bond donors (Lipinski definition) is 2. The molecule has 1 aromatic rings. The molecule has 96 valence electrons. The third-order valence-electron chi connectivity index (χ3n) is 1.95. The van der Waals surface area contributed by atoms with Crippen molar-refractivity contribution in [1.82, 2.24) is 15.6 Å². The van der Waals surface area contributed by atoms with Crippen LogP contribution in [0.5, 0.6) is 0 Å². The Morgan fingerprint density at radius 2 is 2.11 bits per heavy atom. The number of carbonyl (C=O) groups is 2. The van der Waals surface area contributed by atoms with E-state index in [2.05, 4.69) is 15.6 Å².